The fourth-order valence-corrected chi connectivity index (χ4v) is 3.13. The highest BCUT2D eigenvalue weighted by atomic mass is 32.2. The number of nitrogen functional groups attached to an aromatic ring is 1. The van der Waals surface area contributed by atoms with Gasteiger partial charge in [0, 0.05) is 6.54 Å². The summed E-state index contributed by atoms with van der Waals surface area (Å²) in [6.07, 6.45) is 0.533. The molecule has 0 unspecified atom stereocenters. The number of rotatable bonds is 5. The lowest BCUT2D eigenvalue weighted by atomic mass is 10.1. The second-order valence-corrected chi connectivity index (χ2v) is 6.59. The fourth-order valence-electron chi connectivity index (χ4n) is 1.98. The first kappa shape index (κ1) is 15.3. The molecule has 2 aromatic carbocycles. The van der Waals surface area contributed by atoms with Crippen LogP contribution in [0.4, 0.5) is 5.69 Å². The number of nitrogens with one attached hydrogen (secondary N) is 1. The zero-order valence-electron chi connectivity index (χ0n) is 11.7. The van der Waals surface area contributed by atoms with E-state index in [-0.39, 0.29) is 22.9 Å². The summed E-state index contributed by atoms with van der Waals surface area (Å²) < 4.78 is 26.9. The molecule has 0 aliphatic rings. The second-order valence-electron chi connectivity index (χ2n) is 4.86. The predicted octanol–water partition coefficient (Wildman–Crippen LogP) is 1.80. The molecule has 0 aliphatic carbocycles. The van der Waals surface area contributed by atoms with Crippen molar-refractivity contribution in [1.29, 1.82) is 0 Å². The Bertz CT molecular complexity index is 725. The highest BCUT2D eigenvalue weighted by molar-refractivity contribution is 7.89. The molecule has 0 radical (unpaired) electrons. The number of aryl methyl sites for hydroxylation is 1. The van der Waals surface area contributed by atoms with Gasteiger partial charge >= 0.3 is 0 Å². The Labute approximate surface area is 124 Å². The van der Waals surface area contributed by atoms with Gasteiger partial charge in [-0.15, -0.1) is 0 Å². The third-order valence-corrected chi connectivity index (χ3v) is 4.63. The number of phenols is 1. The van der Waals surface area contributed by atoms with Gasteiger partial charge in [-0.1, -0.05) is 18.2 Å². The number of hydrogen-bond acceptors (Lipinski definition) is 4. The van der Waals surface area contributed by atoms with Crippen LogP contribution >= 0.6 is 0 Å². The molecule has 0 aromatic heterocycles. The molecule has 0 amide bonds. The lowest BCUT2D eigenvalue weighted by Crippen LogP contribution is -2.26. The molecule has 2 aromatic rings. The van der Waals surface area contributed by atoms with Crippen molar-refractivity contribution >= 4 is 15.7 Å². The Hall–Kier alpha value is -2.05. The van der Waals surface area contributed by atoms with Gasteiger partial charge < -0.3 is 10.8 Å². The Kier molecular flexibility index (Phi) is 4.50. The average Bonchev–Trinajstić information content (AvgIpc) is 2.40. The summed E-state index contributed by atoms with van der Waals surface area (Å²) in [5.74, 6) is 0.187. The zero-order valence-corrected chi connectivity index (χ0v) is 12.5. The van der Waals surface area contributed by atoms with E-state index in [9.17, 15) is 13.5 Å². The van der Waals surface area contributed by atoms with Gasteiger partial charge in [-0.25, -0.2) is 13.1 Å². The number of sulfonamides is 1. The quantitative estimate of drug-likeness (QED) is 0.734. The smallest absolute Gasteiger partial charge is 0.242 e. The van der Waals surface area contributed by atoms with Crippen molar-refractivity contribution in [2.45, 2.75) is 18.2 Å². The lowest BCUT2D eigenvalue weighted by molar-refractivity contribution is 0.475. The van der Waals surface area contributed by atoms with Crippen LogP contribution in [0.3, 0.4) is 0 Å². The summed E-state index contributed by atoms with van der Waals surface area (Å²) in [4.78, 5) is 0.0961. The van der Waals surface area contributed by atoms with Gasteiger partial charge in [-0.05, 0) is 48.7 Å². The first-order valence-corrected chi connectivity index (χ1v) is 8.00. The molecule has 21 heavy (non-hydrogen) atoms. The van der Waals surface area contributed by atoms with Crippen molar-refractivity contribution in [1.82, 2.24) is 4.72 Å². The molecular weight excluding hydrogens is 288 g/mol. The Balaban J connectivity index is 2.03. The van der Waals surface area contributed by atoms with Crippen molar-refractivity contribution < 1.29 is 13.5 Å². The van der Waals surface area contributed by atoms with E-state index in [1.165, 1.54) is 6.07 Å². The summed E-state index contributed by atoms with van der Waals surface area (Å²) in [6.45, 7) is 2.12. The Morgan fingerprint density at radius 3 is 2.43 bits per heavy atom. The number of aromatic hydroxyl groups is 1. The third kappa shape index (κ3) is 3.96. The fraction of sp³-hybridized carbons (Fsp3) is 0.200. The van der Waals surface area contributed by atoms with Gasteiger partial charge in [0.1, 0.15) is 10.6 Å². The van der Waals surface area contributed by atoms with Crippen LogP contribution < -0.4 is 10.5 Å². The minimum absolute atomic E-state index is 0.0961. The highest BCUT2D eigenvalue weighted by Crippen LogP contribution is 2.19. The van der Waals surface area contributed by atoms with Gasteiger partial charge in [-0.2, -0.15) is 0 Å². The van der Waals surface area contributed by atoms with Gasteiger partial charge in [0.25, 0.3) is 0 Å². The standard InChI is InChI=1S/C15H18N2O3S/c1-11-2-7-15(14(16)10-11)21(19,20)17-9-8-12-3-5-13(18)6-4-12/h2-7,10,17-18H,8-9,16H2,1H3. The minimum atomic E-state index is -3.61. The number of anilines is 1. The minimum Gasteiger partial charge on any atom is -0.508 e. The number of nitrogens with two attached hydrogens (primary N) is 1. The van der Waals surface area contributed by atoms with Crippen LogP contribution in [0.25, 0.3) is 0 Å². The maximum atomic E-state index is 12.2. The summed E-state index contributed by atoms with van der Waals surface area (Å²) in [6, 6.07) is 11.5. The van der Waals surface area contributed by atoms with Crippen LogP contribution in [0, 0.1) is 6.92 Å². The van der Waals surface area contributed by atoms with Crippen LogP contribution in [0.2, 0.25) is 0 Å². The van der Waals surface area contributed by atoms with Crippen LogP contribution in [0.1, 0.15) is 11.1 Å². The van der Waals surface area contributed by atoms with Crippen LogP contribution in [0.15, 0.2) is 47.4 Å². The van der Waals surface area contributed by atoms with Crippen molar-refractivity contribution in [2.24, 2.45) is 0 Å². The molecule has 0 bridgehead atoms. The molecule has 4 N–H and O–H groups in total. The summed E-state index contributed by atoms with van der Waals surface area (Å²) >= 11 is 0. The first-order valence-electron chi connectivity index (χ1n) is 6.52. The molecule has 0 spiro atoms. The Morgan fingerprint density at radius 1 is 1.14 bits per heavy atom. The predicted molar refractivity (Wildman–Crippen MR) is 82.6 cm³/mol. The van der Waals surface area contributed by atoms with E-state index in [4.69, 9.17) is 5.73 Å². The van der Waals surface area contributed by atoms with E-state index in [0.29, 0.717) is 6.42 Å². The van der Waals surface area contributed by atoms with E-state index in [1.54, 1.807) is 36.4 Å². The average molecular weight is 306 g/mol. The van der Waals surface area contributed by atoms with Crippen LogP contribution in [-0.2, 0) is 16.4 Å². The zero-order chi connectivity index (χ0) is 15.5. The van der Waals surface area contributed by atoms with E-state index in [2.05, 4.69) is 4.72 Å². The van der Waals surface area contributed by atoms with Gasteiger partial charge in [0.2, 0.25) is 10.0 Å². The Morgan fingerprint density at radius 2 is 1.81 bits per heavy atom. The summed E-state index contributed by atoms with van der Waals surface area (Å²) in [5.41, 5.74) is 7.85. The highest BCUT2D eigenvalue weighted by Gasteiger charge is 2.16. The molecule has 2 rings (SSSR count). The number of phenolic OH excluding ortho intramolecular Hbond substituents is 1. The molecule has 0 fully saturated rings. The lowest BCUT2D eigenvalue weighted by Gasteiger charge is -2.09. The summed E-state index contributed by atoms with van der Waals surface area (Å²) in [5, 5.41) is 9.19. The van der Waals surface area contributed by atoms with Crippen molar-refractivity contribution in [3.63, 3.8) is 0 Å². The first-order chi connectivity index (χ1) is 9.88. The van der Waals surface area contributed by atoms with E-state index in [0.717, 1.165) is 11.1 Å². The van der Waals surface area contributed by atoms with Gasteiger partial charge in [-0.3, -0.25) is 0 Å². The van der Waals surface area contributed by atoms with Crippen LogP contribution in [-0.4, -0.2) is 20.1 Å². The molecular formula is C15H18N2O3S. The maximum absolute atomic E-state index is 12.2. The third-order valence-electron chi connectivity index (χ3n) is 3.10. The van der Waals surface area contributed by atoms with Gasteiger partial charge in [0.05, 0.1) is 5.69 Å². The van der Waals surface area contributed by atoms with Crippen molar-refractivity contribution in [3.8, 4) is 5.75 Å². The van der Waals surface area contributed by atoms with E-state index < -0.39 is 10.0 Å². The number of benzene rings is 2. The molecule has 0 aliphatic heterocycles. The monoisotopic (exact) mass is 306 g/mol. The van der Waals surface area contributed by atoms with E-state index in [1.807, 2.05) is 6.92 Å². The summed E-state index contributed by atoms with van der Waals surface area (Å²) in [7, 11) is -3.61. The van der Waals surface area contributed by atoms with E-state index >= 15 is 0 Å². The van der Waals surface area contributed by atoms with Crippen molar-refractivity contribution in [3.05, 3.63) is 53.6 Å². The van der Waals surface area contributed by atoms with Crippen molar-refractivity contribution in [2.75, 3.05) is 12.3 Å². The maximum Gasteiger partial charge on any atom is 0.242 e. The molecule has 112 valence electrons. The molecule has 0 saturated carbocycles. The normalized spacial score (nSPS) is 11.5. The topological polar surface area (TPSA) is 92.4 Å². The molecule has 0 atom stereocenters. The van der Waals surface area contributed by atoms with Gasteiger partial charge in [0.15, 0.2) is 0 Å². The molecule has 6 heteroatoms. The SMILES string of the molecule is Cc1ccc(S(=O)(=O)NCCc2ccc(O)cc2)c(N)c1. The molecule has 0 heterocycles. The number of hydrogen-bond donors (Lipinski definition) is 3. The molecule has 5 nitrogen and oxygen atoms in total. The van der Waals surface area contributed by atoms with Crippen LogP contribution in [0.5, 0.6) is 5.75 Å². The molecule has 0 saturated heterocycles. The second kappa shape index (κ2) is 6.15. The largest absolute Gasteiger partial charge is 0.508 e.